The molecule has 1 N–H and O–H groups in total. The van der Waals surface area contributed by atoms with Gasteiger partial charge in [0.2, 0.25) is 0 Å². The number of hydrogen-bond donors (Lipinski definition) is 1. The second kappa shape index (κ2) is 5.15. The predicted octanol–water partition coefficient (Wildman–Crippen LogP) is 1.78. The molecule has 0 aliphatic carbocycles. The largest absolute Gasteiger partial charge is 0.302 e. The summed E-state index contributed by atoms with van der Waals surface area (Å²) >= 11 is 0. The van der Waals surface area contributed by atoms with E-state index in [-0.39, 0.29) is 6.04 Å². The summed E-state index contributed by atoms with van der Waals surface area (Å²) in [5.41, 5.74) is 0. The van der Waals surface area contributed by atoms with Crippen LogP contribution < -0.4 is 5.32 Å². The number of nitriles is 1. The van der Waals surface area contributed by atoms with Gasteiger partial charge in [0.25, 0.3) is 0 Å². The van der Waals surface area contributed by atoms with Crippen LogP contribution in [-0.2, 0) is 0 Å². The van der Waals surface area contributed by atoms with Crippen molar-refractivity contribution in [3.63, 3.8) is 0 Å². The molecule has 0 aliphatic heterocycles. The van der Waals surface area contributed by atoms with Crippen molar-refractivity contribution in [3.8, 4) is 6.07 Å². The molecule has 0 saturated heterocycles. The van der Waals surface area contributed by atoms with Crippen molar-refractivity contribution in [2.45, 2.75) is 33.7 Å². The number of nitrogens with one attached hydrogen (secondary N) is 1. The molecule has 0 aromatic heterocycles. The van der Waals surface area contributed by atoms with Gasteiger partial charge in [0, 0.05) is 0 Å². The second-order valence-corrected chi connectivity index (χ2v) is 3.48. The molecule has 0 spiro atoms. The molecule has 2 atom stereocenters. The van der Waals surface area contributed by atoms with Gasteiger partial charge < -0.3 is 5.32 Å². The Morgan fingerprint density at radius 2 is 1.82 bits per heavy atom. The first-order valence-corrected chi connectivity index (χ1v) is 4.21. The van der Waals surface area contributed by atoms with Crippen molar-refractivity contribution in [2.75, 3.05) is 6.54 Å². The molecule has 0 saturated carbocycles. The summed E-state index contributed by atoms with van der Waals surface area (Å²) in [5, 5.41) is 11.6. The number of nitrogens with zero attached hydrogens (tertiary/aromatic N) is 1. The van der Waals surface area contributed by atoms with E-state index in [2.05, 4.69) is 32.2 Å². The summed E-state index contributed by atoms with van der Waals surface area (Å²) < 4.78 is 0. The maximum absolute atomic E-state index is 8.47. The average Bonchev–Trinajstić information content (AvgIpc) is 1.99. The summed E-state index contributed by atoms with van der Waals surface area (Å²) in [4.78, 5) is 0. The van der Waals surface area contributed by atoms with Gasteiger partial charge in [0.15, 0.2) is 0 Å². The Morgan fingerprint density at radius 3 is 2.18 bits per heavy atom. The molecule has 11 heavy (non-hydrogen) atoms. The van der Waals surface area contributed by atoms with Gasteiger partial charge in [-0.1, -0.05) is 20.8 Å². The lowest BCUT2D eigenvalue weighted by atomic mass is 9.98. The van der Waals surface area contributed by atoms with E-state index in [9.17, 15) is 0 Å². The fourth-order valence-electron chi connectivity index (χ4n) is 0.644. The average molecular weight is 154 g/mol. The van der Waals surface area contributed by atoms with E-state index in [0.717, 1.165) is 6.54 Å². The van der Waals surface area contributed by atoms with Crippen LogP contribution in [0.15, 0.2) is 0 Å². The highest BCUT2D eigenvalue weighted by Crippen LogP contribution is 2.07. The van der Waals surface area contributed by atoms with Crippen LogP contribution in [0.5, 0.6) is 0 Å². The predicted molar refractivity (Wildman–Crippen MR) is 47.1 cm³/mol. The molecular weight excluding hydrogens is 136 g/mol. The van der Waals surface area contributed by atoms with E-state index in [0.29, 0.717) is 11.8 Å². The van der Waals surface area contributed by atoms with Crippen molar-refractivity contribution in [2.24, 2.45) is 11.8 Å². The van der Waals surface area contributed by atoms with E-state index < -0.39 is 0 Å². The smallest absolute Gasteiger partial charge is 0.0924 e. The Bertz CT molecular complexity index is 135. The van der Waals surface area contributed by atoms with Crippen molar-refractivity contribution in [1.82, 2.24) is 5.32 Å². The standard InChI is InChI=1S/C9H18N2/c1-7(2)8(3)6-11-9(4)5-10/h7-9,11H,6H2,1-4H3. The third-order valence-electron chi connectivity index (χ3n) is 2.08. The fourth-order valence-corrected chi connectivity index (χ4v) is 0.644. The second-order valence-electron chi connectivity index (χ2n) is 3.48. The fraction of sp³-hybridized carbons (Fsp3) is 0.889. The zero-order valence-electron chi connectivity index (χ0n) is 7.89. The van der Waals surface area contributed by atoms with Gasteiger partial charge in [-0.05, 0) is 25.3 Å². The lowest BCUT2D eigenvalue weighted by Crippen LogP contribution is -2.30. The van der Waals surface area contributed by atoms with Crippen LogP contribution in [0.3, 0.4) is 0 Å². The van der Waals surface area contributed by atoms with Gasteiger partial charge in [0.05, 0.1) is 12.1 Å². The van der Waals surface area contributed by atoms with Crippen LogP contribution >= 0.6 is 0 Å². The first-order valence-electron chi connectivity index (χ1n) is 4.21. The van der Waals surface area contributed by atoms with Crippen LogP contribution in [0.25, 0.3) is 0 Å². The Hall–Kier alpha value is -0.550. The Morgan fingerprint density at radius 1 is 1.27 bits per heavy atom. The minimum absolute atomic E-state index is 0.0174. The van der Waals surface area contributed by atoms with Gasteiger partial charge in [-0.2, -0.15) is 5.26 Å². The van der Waals surface area contributed by atoms with E-state index in [1.807, 2.05) is 6.92 Å². The molecule has 2 unspecified atom stereocenters. The van der Waals surface area contributed by atoms with E-state index >= 15 is 0 Å². The van der Waals surface area contributed by atoms with E-state index in [1.165, 1.54) is 0 Å². The summed E-state index contributed by atoms with van der Waals surface area (Å²) in [6.45, 7) is 9.41. The molecule has 0 radical (unpaired) electrons. The third kappa shape index (κ3) is 4.80. The molecule has 2 heteroatoms. The lowest BCUT2D eigenvalue weighted by Gasteiger charge is -2.16. The lowest BCUT2D eigenvalue weighted by molar-refractivity contribution is 0.387. The Balaban J connectivity index is 3.47. The van der Waals surface area contributed by atoms with Gasteiger partial charge in [0.1, 0.15) is 0 Å². The van der Waals surface area contributed by atoms with Crippen LogP contribution in [0, 0.1) is 23.2 Å². The highest BCUT2D eigenvalue weighted by Gasteiger charge is 2.07. The zero-order chi connectivity index (χ0) is 8.85. The van der Waals surface area contributed by atoms with Crippen molar-refractivity contribution >= 4 is 0 Å². The molecule has 0 rings (SSSR count). The molecule has 0 fully saturated rings. The molecule has 0 amide bonds. The van der Waals surface area contributed by atoms with Crippen molar-refractivity contribution in [3.05, 3.63) is 0 Å². The van der Waals surface area contributed by atoms with Crippen LogP contribution in [0.1, 0.15) is 27.7 Å². The Kier molecular flexibility index (Phi) is 4.89. The van der Waals surface area contributed by atoms with Gasteiger partial charge in [-0.15, -0.1) is 0 Å². The SMILES string of the molecule is CC(C#N)NCC(C)C(C)C. The molecule has 2 nitrogen and oxygen atoms in total. The minimum atomic E-state index is -0.0174. The van der Waals surface area contributed by atoms with Crippen molar-refractivity contribution < 1.29 is 0 Å². The number of hydrogen-bond acceptors (Lipinski definition) is 2. The first-order chi connectivity index (χ1) is 5.07. The third-order valence-corrected chi connectivity index (χ3v) is 2.08. The van der Waals surface area contributed by atoms with E-state index in [1.54, 1.807) is 0 Å². The maximum Gasteiger partial charge on any atom is 0.0924 e. The first kappa shape index (κ1) is 10.4. The highest BCUT2D eigenvalue weighted by molar-refractivity contribution is 4.85. The molecular formula is C9H18N2. The van der Waals surface area contributed by atoms with Gasteiger partial charge in [-0.3, -0.25) is 0 Å². The van der Waals surface area contributed by atoms with Crippen LogP contribution in [-0.4, -0.2) is 12.6 Å². The molecule has 64 valence electrons. The van der Waals surface area contributed by atoms with Gasteiger partial charge >= 0.3 is 0 Å². The summed E-state index contributed by atoms with van der Waals surface area (Å²) in [5.74, 6) is 1.33. The van der Waals surface area contributed by atoms with Crippen molar-refractivity contribution in [1.29, 1.82) is 5.26 Å². The van der Waals surface area contributed by atoms with Crippen LogP contribution in [0.2, 0.25) is 0 Å². The molecule has 0 aliphatic rings. The summed E-state index contributed by atoms with van der Waals surface area (Å²) in [6, 6.07) is 2.13. The quantitative estimate of drug-likeness (QED) is 0.670. The normalized spacial score (nSPS) is 16.0. The summed E-state index contributed by atoms with van der Waals surface area (Å²) in [6.07, 6.45) is 0. The van der Waals surface area contributed by atoms with Gasteiger partial charge in [-0.25, -0.2) is 0 Å². The van der Waals surface area contributed by atoms with Crippen LogP contribution in [0.4, 0.5) is 0 Å². The molecule has 0 bridgehead atoms. The zero-order valence-corrected chi connectivity index (χ0v) is 7.89. The summed E-state index contributed by atoms with van der Waals surface area (Å²) in [7, 11) is 0. The monoisotopic (exact) mass is 154 g/mol. The maximum atomic E-state index is 8.47. The Labute approximate surface area is 69.6 Å². The molecule has 0 aromatic carbocycles. The minimum Gasteiger partial charge on any atom is -0.302 e. The topological polar surface area (TPSA) is 35.8 Å². The van der Waals surface area contributed by atoms with E-state index in [4.69, 9.17) is 5.26 Å². The molecule has 0 heterocycles. The number of rotatable bonds is 4. The molecule has 0 aromatic rings. The highest BCUT2D eigenvalue weighted by atomic mass is 14.9.